The molecule has 0 atom stereocenters. The molecule has 2 aromatic rings. The van der Waals surface area contributed by atoms with Crippen molar-refractivity contribution in [1.29, 1.82) is 0 Å². The molecular weight excluding hydrogens is 466 g/mol. The predicted octanol–water partition coefficient (Wildman–Crippen LogP) is 5.44. The minimum atomic E-state index is -3.52. The molecule has 8 nitrogen and oxygen atoms in total. The first-order valence-electron chi connectivity index (χ1n) is 13.0. The highest BCUT2D eigenvalue weighted by atomic mass is 32.2. The van der Waals surface area contributed by atoms with E-state index in [-0.39, 0.29) is 6.29 Å². The van der Waals surface area contributed by atoms with Crippen molar-refractivity contribution in [3.05, 3.63) is 30.2 Å². The highest BCUT2D eigenvalue weighted by Gasteiger charge is 2.29. The van der Waals surface area contributed by atoms with E-state index in [4.69, 9.17) is 14.0 Å². The van der Waals surface area contributed by atoms with Gasteiger partial charge in [0.1, 0.15) is 0 Å². The first-order valence-corrected chi connectivity index (χ1v) is 14.4. The van der Waals surface area contributed by atoms with Crippen LogP contribution in [-0.2, 0) is 25.9 Å². The Kier molecular flexibility index (Phi) is 11.2. The summed E-state index contributed by atoms with van der Waals surface area (Å²) in [6.07, 6.45) is 11.3. The topological polar surface area (TPSA) is 94.8 Å². The van der Waals surface area contributed by atoms with Gasteiger partial charge in [0.2, 0.25) is 21.7 Å². The molecule has 0 amide bonds. The second-order valence-corrected chi connectivity index (χ2v) is 11.3. The van der Waals surface area contributed by atoms with Gasteiger partial charge >= 0.3 is 0 Å². The minimum absolute atomic E-state index is 0.193. The first-order chi connectivity index (χ1) is 17.0. The van der Waals surface area contributed by atoms with Gasteiger partial charge in [0.25, 0.3) is 0 Å². The van der Waals surface area contributed by atoms with Gasteiger partial charge in [0.05, 0.1) is 4.90 Å². The number of aromatic nitrogens is 2. The number of aryl methyl sites for hydroxylation is 1. The number of rotatable bonds is 15. The lowest BCUT2D eigenvalue weighted by atomic mass is 9.93. The Morgan fingerprint density at radius 2 is 1.69 bits per heavy atom. The van der Waals surface area contributed by atoms with Gasteiger partial charge in [-0.3, -0.25) is 0 Å². The van der Waals surface area contributed by atoms with Crippen molar-refractivity contribution in [3.63, 3.8) is 0 Å². The van der Waals surface area contributed by atoms with E-state index in [1.165, 1.54) is 32.1 Å². The Labute approximate surface area is 210 Å². The van der Waals surface area contributed by atoms with Gasteiger partial charge in [0, 0.05) is 39.3 Å². The maximum absolute atomic E-state index is 13.2. The Balaban J connectivity index is 1.50. The quantitative estimate of drug-likeness (QED) is 0.234. The molecule has 0 saturated carbocycles. The van der Waals surface area contributed by atoms with Crippen molar-refractivity contribution in [2.45, 2.75) is 88.7 Å². The van der Waals surface area contributed by atoms with Gasteiger partial charge in [-0.15, -0.1) is 0 Å². The van der Waals surface area contributed by atoms with Crippen molar-refractivity contribution < 1.29 is 22.4 Å². The van der Waals surface area contributed by atoms with Crippen LogP contribution < -0.4 is 0 Å². The second-order valence-electron chi connectivity index (χ2n) is 9.38. The second kappa shape index (κ2) is 14.1. The molecular formula is C26H41N3O5S. The number of piperidine rings is 1. The van der Waals surface area contributed by atoms with E-state index in [1.54, 1.807) is 42.8 Å². The van der Waals surface area contributed by atoms with Crippen molar-refractivity contribution in [2.24, 2.45) is 5.92 Å². The highest BCUT2D eigenvalue weighted by molar-refractivity contribution is 7.89. The SMILES string of the molecule is CCCCCCCCc1nc(-c2ccc(S(=O)(=O)N3CCC(CCC(OC)OC)CC3)cc2)no1. The van der Waals surface area contributed by atoms with E-state index in [0.717, 1.165) is 44.1 Å². The number of hydrogen-bond acceptors (Lipinski definition) is 7. The Bertz CT molecular complexity index is 965. The molecule has 1 aromatic heterocycles. The summed E-state index contributed by atoms with van der Waals surface area (Å²) in [5, 5.41) is 4.08. The van der Waals surface area contributed by atoms with Gasteiger partial charge in [-0.05, 0) is 62.3 Å². The average Bonchev–Trinajstić information content (AvgIpc) is 3.36. The molecule has 1 fully saturated rings. The third-order valence-corrected chi connectivity index (χ3v) is 8.79. The maximum Gasteiger partial charge on any atom is 0.243 e. The zero-order chi connectivity index (χ0) is 25.1. The summed E-state index contributed by atoms with van der Waals surface area (Å²) >= 11 is 0. The number of ether oxygens (including phenoxy) is 2. The molecule has 9 heteroatoms. The maximum atomic E-state index is 13.2. The van der Waals surface area contributed by atoms with Crippen LogP contribution in [0, 0.1) is 5.92 Å². The summed E-state index contributed by atoms with van der Waals surface area (Å²) in [5.74, 6) is 1.62. The van der Waals surface area contributed by atoms with Crippen LogP contribution in [0.1, 0.15) is 77.0 Å². The first kappa shape index (κ1) is 27.8. The molecule has 0 N–H and O–H groups in total. The fourth-order valence-electron chi connectivity index (χ4n) is 4.60. The molecule has 196 valence electrons. The number of unbranched alkanes of at least 4 members (excludes halogenated alkanes) is 5. The van der Waals surface area contributed by atoms with E-state index in [1.807, 2.05) is 0 Å². The molecule has 0 spiro atoms. The van der Waals surface area contributed by atoms with Crippen molar-refractivity contribution >= 4 is 10.0 Å². The fourth-order valence-corrected chi connectivity index (χ4v) is 6.07. The molecule has 0 aliphatic carbocycles. The third kappa shape index (κ3) is 8.10. The van der Waals surface area contributed by atoms with Gasteiger partial charge in [0.15, 0.2) is 6.29 Å². The molecule has 2 heterocycles. The lowest BCUT2D eigenvalue weighted by Gasteiger charge is -2.31. The zero-order valence-corrected chi connectivity index (χ0v) is 22.3. The molecule has 1 aliphatic heterocycles. The number of nitrogens with zero attached hydrogens (tertiary/aromatic N) is 3. The van der Waals surface area contributed by atoms with Crippen LogP contribution in [0.25, 0.3) is 11.4 Å². The van der Waals surface area contributed by atoms with Crippen LogP contribution in [0.15, 0.2) is 33.7 Å². The number of methoxy groups -OCH3 is 2. The summed E-state index contributed by atoms with van der Waals surface area (Å²) in [7, 11) is -0.239. The Hall–Kier alpha value is -1.81. The van der Waals surface area contributed by atoms with E-state index < -0.39 is 10.0 Å². The fraction of sp³-hybridized carbons (Fsp3) is 0.692. The summed E-state index contributed by atoms with van der Waals surface area (Å²) in [6.45, 7) is 3.28. The van der Waals surface area contributed by atoms with Crippen LogP contribution in [0.5, 0.6) is 0 Å². The van der Waals surface area contributed by atoms with Crippen LogP contribution in [0.2, 0.25) is 0 Å². The van der Waals surface area contributed by atoms with Gasteiger partial charge in [-0.25, -0.2) is 8.42 Å². The standard InChI is InChI=1S/C26H41N3O5S/c1-4-5-6-7-8-9-10-24-27-26(28-34-24)22-12-14-23(15-13-22)35(30,31)29-19-17-21(18-20-29)11-16-25(32-2)33-3/h12-15,21,25H,4-11,16-20H2,1-3H3. The summed E-state index contributed by atoms with van der Waals surface area (Å²) in [5.41, 5.74) is 0.756. The molecule has 3 rings (SSSR count). The van der Waals surface area contributed by atoms with Crippen LogP contribution in [0.3, 0.4) is 0 Å². The van der Waals surface area contributed by atoms with Gasteiger partial charge in [-0.2, -0.15) is 9.29 Å². The normalized spacial score (nSPS) is 15.8. The molecule has 0 radical (unpaired) electrons. The largest absolute Gasteiger partial charge is 0.356 e. The van der Waals surface area contributed by atoms with Gasteiger partial charge < -0.3 is 14.0 Å². The molecule has 0 unspecified atom stereocenters. The van der Waals surface area contributed by atoms with Crippen LogP contribution in [-0.4, -0.2) is 56.5 Å². The average molecular weight is 508 g/mol. The van der Waals surface area contributed by atoms with Crippen molar-refractivity contribution in [1.82, 2.24) is 14.4 Å². The summed E-state index contributed by atoms with van der Waals surface area (Å²) in [4.78, 5) is 4.79. The molecule has 35 heavy (non-hydrogen) atoms. The smallest absolute Gasteiger partial charge is 0.243 e. The Morgan fingerprint density at radius 1 is 1.03 bits per heavy atom. The molecule has 1 saturated heterocycles. The van der Waals surface area contributed by atoms with Crippen LogP contribution >= 0.6 is 0 Å². The minimum Gasteiger partial charge on any atom is -0.356 e. The highest BCUT2D eigenvalue weighted by Crippen LogP contribution is 2.28. The monoisotopic (exact) mass is 507 g/mol. The van der Waals surface area contributed by atoms with Crippen molar-refractivity contribution in [3.8, 4) is 11.4 Å². The van der Waals surface area contributed by atoms with E-state index >= 15 is 0 Å². The van der Waals surface area contributed by atoms with Crippen LogP contribution in [0.4, 0.5) is 0 Å². The van der Waals surface area contributed by atoms with E-state index in [0.29, 0.717) is 35.6 Å². The molecule has 0 bridgehead atoms. The number of benzene rings is 1. The predicted molar refractivity (Wildman–Crippen MR) is 135 cm³/mol. The van der Waals surface area contributed by atoms with Crippen molar-refractivity contribution in [2.75, 3.05) is 27.3 Å². The summed E-state index contributed by atoms with van der Waals surface area (Å²) < 4.78 is 43.8. The van der Waals surface area contributed by atoms with Gasteiger partial charge in [-0.1, -0.05) is 44.2 Å². The lowest BCUT2D eigenvalue weighted by Crippen LogP contribution is -2.38. The zero-order valence-electron chi connectivity index (χ0n) is 21.4. The number of hydrogen-bond donors (Lipinski definition) is 0. The van der Waals surface area contributed by atoms with E-state index in [9.17, 15) is 8.42 Å². The third-order valence-electron chi connectivity index (χ3n) is 6.87. The number of sulfonamides is 1. The Morgan fingerprint density at radius 3 is 2.34 bits per heavy atom. The van der Waals surface area contributed by atoms with E-state index in [2.05, 4.69) is 17.1 Å². The molecule has 1 aliphatic rings. The summed E-state index contributed by atoms with van der Waals surface area (Å²) in [6, 6.07) is 6.80. The molecule has 1 aromatic carbocycles. The lowest BCUT2D eigenvalue weighted by molar-refractivity contribution is -0.109.